The number of hydrogen-bond acceptors (Lipinski definition) is 7. The molecule has 0 aliphatic carbocycles. The smallest absolute Gasteiger partial charge is 0.305 e. The molecule has 2 saturated heterocycles. The molecule has 1 aromatic rings. The maximum Gasteiger partial charge on any atom is 0.305 e. The second-order valence-corrected chi connectivity index (χ2v) is 8.06. The van der Waals surface area contributed by atoms with Crippen molar-refractivity contribution in [2.75, 3.05) is 6.54 Å². The first-order valence-corrected chi connectivity index (χ1v) is 10.7. The van der Waals surface area contributed by atoms with Gasteiger partial charge in [0.05, 0.1) is 18.0 Å². The van der Waals surface area contributed by atoms with Crippen LogP contribution in [0.1, 0.15) is 42.5 Å². The molecule has 2 aliphatic rings. The fourth-order valence-corrected chi connectivity index (χ4v) is 4.28. The highest BCUT2D eigenvalue weighted by atomic mass is 32.1. The van der Waals surface area contributed by atoms with E-state index in [1.165, 1.54) is 16.3 Å². The standard InChI is InChI=1S/C19H22N4O7S/c24-9-12(8-16(26)27)20-18(29)14-2-1-6-22-15(25)4-3-13(19(30)23(14)22)21-17(28)11-5-7-31-10-11/h5,7,9-10,12-14H,1-4,6,8H2,(H,20,29)(H,21,28)(H,26,27). The molecule has 1 aromatic heterocycles. The number of rotatable bonds is 7. The van der Waals surface area contributed by atoms with Gasteiger partial charge in [-0.1, -0.05) is 0 Å². The molecule has 12 heteroatoms. The van der Waals surface area contributed by atoms with Crippen molar-refractivity contribution in [1.82, 2.24) is 20.7 Å². The molecule has 3 unspecified atom stereocenters. The van der Waals surface area contributed by atoms with Crippen LogP contribution in [-0.4, -0.2) is 75.7 Å². The molecular formula is C19H22N4O7S. The van der Waals surface area contributed by atoms with Gasteiger partial charge in [0.25, 0.3) is 11.8 Å². The van der Waals surface area contributed by atoms with Crippen LogP contribution in [0.3, 0.4) is 0 Å². The Hall–Kier alpha value is -3.28. The number of amides is 4. The lowest BCUT2D eigenvalue weighted by molar-refractivity contribution is -0.176. The van der Waals surface area contributed by atoms with Crippen LogP contribution in [0.15, 0.2) is 16.8 Å². The van der Waals surface area contributed by atoms with E-state index in [0.29, 0.717) is 18.3 Å². The van der Waals surface area contributed by atoms with E-state index < -0.39 is 48.2 Å². The van der Waals surface area contributed by atoms with Crippen LogP contribution in [-0.2, 0) is 24.0 Å². The minimum atomic E-state index is -1.26. The Labute approximate surface area is 181 Å². The molecule has 3 atom stereocenters. The molecule has 11 nitrogen and oxygen atoms in total. The van der Waals surface area contributed by atoms with Crippen molar-refractivity contribution >= 4 is 47.2 Å². The van der Waals surface area contributed by atoms with Crippen molar-refractivity contribution < 1.29 is 33.9 Å². The molecule has 166 valence electrons. The maximum atomic E-state index is 13.3. The summed E-state index contributed by atoms with van der Waals surface area (Å²) in [5.41, 5.74) is 0.390. The maximum absolute atomic E-state index is 13.3. The minimum absolute atomic E-state index is 0.0150. The number of carboxylic acid groups (broad SMARTS) is 1. The Morgan fingerprint density at radius 1 is 1.29 bits per heavy atom. The summed E-state index contributed by atoms with van der Waals surface area (Å²) in [6.45, 7) is 0.242. The summed E-state index contributed by atoms with van der Waals surface area (Å²) in [6.07, 6.45) is 0.491. The van der Waals surface area contributed by atoms with Gasteiger partial charge in [-0.05, 0) is 30.7 Å². The number of nitrogens with zero attached hydrogens (tertiary/aromatic N) is 2. The topological polar surface area (TPSA) is 153 Å². The Balaban J connectivity index is 1.80. The van der Waals surface area contributed by atoms with Gasteiger partial charge in [-0.25, -0.2) is 5.01 Å². The van der Waals surface area contributed by atoms with E-state index >= 15 is 0 Å². The molecule has 0 spiro atoms. The molecule has 3 N–H and O–H groups in total. The highest BCUT2D eigenvalue weighted by Gasteiger charge is 2.44. The molecule has 4 amide bonds. The summed E-state index contributed by atoms with van der Waals surface area (Å²) >= 11 is 1.33. The summed E-state index contributed by atoms with van der Waals surface area (Å²) in [4.78, 5) is 73.1. The molecular weight excluding hydrogens is 428 g/mol. The van der Waals surface area contributed by atoms with Crippen LogP contribution in [0.2, 0.25) is 0 Å². The number of hydrogen-bond donors (Lipinski definition) is 3. The predicted molar refractivity (Wildman–Crippen MR) is 107 cm³/mol. The van der Waals surface area contributed by atoms with Gasteiger partial charge in [-0.3, -0.25) is 29.0 Å². The lowest BCUT2D eigenvalue weighted by Crippen LogP contribution is -2.64. The van der Waals surface area contributed by atoms with Gasteiger partial charge in [0.15, 0.2) is 0 Å². The average molecular weight is 450 g/mol. The van der Waals surface area contributed by atoms with Crippen LogP contribution < -0.4 is 10.6 Å². The van der Waals surface area contributed by atoms with Gasteiger partial charge in [-0.2, -0.15) is 11.3 Å². The van der Waals surface area contributed by atoms with Crippen molar-refractivity contribution in [3.63, 3.8) is 0 Å². The first-order valence-electron chi connectivity index (χ1n) is 9.75. The van der Waals surface area contributed by atoms with Crippen molar-refractivity contribution in [3.05, 3.63) is 22.4 Å². The van der Waals surface area contributed by atoms with Crippen LogP contribution in [0.4, 0.5) is 0 Å². The van der Waals surface area contributed by atoms with E-state index in [0.717, 1.165) is 5.01 Å². The molecule has 31 heavy (non-hydrogen) atoms. The molecule has 2 aliphatic heterocycles. The fraction of sp³-hybridized carbons (Fsp3) is 0.474. The first-order chi connectivity index (χ1) is 14.8. The first kappa shape index (κ1) is 22.4. The van der Waals surface area contributed by atoms with Crippen molar-refractivity contribution in [2.45, 2.75) is 50.2 Å². The molecule has 3 heterocycles. The summed E-state index contributed by atoms with van der Waals surface area (Å²) in [5, 5.41) is 19.4. The summed E-state index contributed by atoms with van der Waals surface area (Å²) in [7, 11) is 0. The molecule has 3 rings (SSSR count). The molecule has 0 aromatic carbocycles. The van der Waals surface area contributed by atoms with Gasteiger partial charge in [0, 0.05) is 18.3 Å². The van der Waals surface area contributed by atoms with Crippen molar-refractivity contribution in [1.29, 1.82) is 0 Å². The lowest BCUT2D eigenvalue weighted by Gasteiger charge is -2.43. The van der Waals surface area contributed by atoms with Crippen LogP contribution in [0.25, 0.3) is 0 Å². The molecule has 0 bridgehead atoms. The van der Waals surface area contributed by atoms with Crippen LogP contribution in [0.5, 0.6) is 0 Å². The van der Waals surface area contributed by atoms with E-state index in [1.807, 2.05) is 0 Å². The SMILES string of the molecule is O=CC(CC(=O)O)NC(=O)C1CCCN2C(=O)CCC(NC(=O)c3ccsc3)C(=O)N12. The lowest BCUT2D eigenvalue weighted by atomic mass is 10.0. The summed E-state index contributed by atoms with van der Waals surface area (Å²) in [6, 6.07) is -1.75. The summed E-state index contributed by atoms with van der Waals surface area (Å²) in [5.74, 6) is -3.40. The third-order valence-corrected chi connectivity index (χ3v) is 5.82. The number of carbonyl (C=O) groups excluding carboxylic acids is 5. The Morgan fingerprint density at radius 3 is 2.71 bits per heavy atom. The van der Waals surface area contributed by atoms with E-state index in [2.05, 4.69) is 10.6 Å². The number of carboxylic acids is 1. The average Bonchev–Trinajstić information content (AvgIpc) is 3.25. The number of carbonyl (C=O) groups is 6. The largest absolute Gasteiger partial charge is 0.481 e. The third-order valence-electron chi connectivity index (χ3n) is 5.14. The van der Waals surface area contributed by atoms with E-state index in [-0.39, 0.29) is 31.7 Å². The second-order valence-electron chi connectivity index (χ2n) is 7.28. The fourth-order valence-electron chi connectivity index (χ4n) is 3.64. The Bertz CT molecular complexity index is 888. The zero-order valence-corrected chi connectivity index (χ0v) is 17.3. The van der Waals surface area contributed by atoms with Gasteiger partial charge in [0.2, 0.25) is 11.8 Å². The Morgan fingerprint density at radius 2 is 2.06 bits per heavy atom. The van der Waals surface area contributed by atoms with E-state index in [1.54, 1.807) is 16.8 Å². The summed E-state index contributed by atoms with van der Waals surface area (Å²) < 4.78 is 0. The van der Waals surface area contributed by atoms with Gasteiger partial charge >= 0.3 is 5.97 Å². The number of nitrogens with one attached hydrogen (secondary N) is 2. The highest BCUT2D eigenvalue weighted by Crippen LogP contribution is 2.25. The normalized spacial score (nSPS) is 22.2. The van der Waals surface area contributed by atoms with Crippen molar-refractivity contribution in [2.24, 2.45) is 0 Å². The van der Waals surface area contributed by atoms with E-state index in [4.69, 9.17) is 5.11 Å². The zero-order chi connectivity index (χ0) is 22.5. The van der Waals surface area contributed by atoms with Gasteiger partial charge < -0.3 is 20.5 Å². The molecule has 0 radical (unpaired) electrons. The number of aliphatic carboxylic acids is 1. The molecule has 0 saturated carbocycles. The number of hydrazine groups is 1. The highest BCUT2D eigenvalue weighted by molar-refractivity contribution is 7.08. The monoisotopic (exact) mass is 450 g/mol. The second kappa shape index (κ2) is 9.69. The quantitative estimate of drug-likeness (QED) is 0.475. The Kier molecular flexibility index (Phi) is 7.00. The molecule has 2 fully saturated rings. The zero-order valence-electron chi connectivity index (χ0n) is 16.5. The van der Waals surface area contributed by atoms with Crippen molar-refractivity contribution in [3.8, 4) is 0 Å². The van der Waals surface area contributed by atoms with Gasteiger partial charge in [-0.15, -0.1) is 0 Å². The van der Waals surface area contributed by atoms with E-state index in [9.17, 15) is 28.8 Å². The number of aldehydes is 1. The third kappa shape index (κ3) is 5.08. The number of fused-ring (bicyclic) bond motifs is 1. The van der Waals surface area contributed by atoms with Gasteiger partial charge in [0.1, 0.15) is 18.4 Å². The van der Waals surface area contributed by atoms with Crippen LogP contribution >= 0.6 is 11.3 Å². The predicted octanol–water partition coefficient (Wildman–Crippen LogP) is -0.467. The number of thiophene rings is 1. The minimum Gasteiger partial charge on any atom is -0.481 e. The van der Waals surface area contributed by atoms with Crippen LogP contribution in [0, 0.1) is 0 Å².